The molecule has 2 heterocycles. The van der Waals surface area contributed by atoms with E-state index in [-0.39, 0.29) is 11.3 Å². The zero-order valence-electron chi connectivity index (χ0n) is 11.2. The van der Waals surface area contributed by atoms with E-state index in [1.54, 1.807) is 6.92 Å². The van der Waals surface area contributed by atoms with E-state index >= 15 is 0 Å². The van der Waals surface area contributed by atoms with Gasteiger partial charge in [-0.3, -0.25) is 4.79 Å². The van der Waals surface area contributed by atoms with Crippen LogP contribution >= 0.6 is 11.6 Å². The molecule has 1 fully saturated rings. The highest BCUT2D eigenvalue weighted by Crippen LogP contribution is 2.45. The number of para-hydroxylation sites is 1. The zero-order valence-corrected chi connectivity index (χ0v) is 12.0. The average molecular weight is 279 g/mol. The molecule has 0 saturated carbocycles. The van der Waals surface area contributed by atoms with Crippen LogP contribution in [0.3, 0.4) is 0 Å². The third-order valence-electron chi connectivity index (χ3n) is 4.49. The Hall–Kier alpha value is -1.06. The van der Waals surface area contributed by atoms with Crippen LogP contribution in [0.15, 0.2) is 18.2 Å². The van der Waals surface area contributed by atoms with E-state index in [0.29, 0.717) is 5.02 Å². The minimum Gasteiger partial charge on any atom is -0.316 e. The Morgan fingerprint density at radius 1 is 1.42 bits per heavy atom. The van der Waals surface area contributed by atoms with Gasteiger partial charge >= 0.3 is 0 Å². The van der Waals surface area contributed by atoms with Crippen molar-refractivity contribution >= 4 is 23.2 Å². The summed E-state index contributed by atoms with van der Waals surface area (Å²) in [4.78, 5) is 13.8. The van der Waals surface area contributed by atoms with Gasteiger partial charge < -0.3 is 10.2 Å². The number of carbonyl (C=O) groups excluding carboxylic acids is 1. The van der Waals surface area contributed by atoms with Gasteiger partial charge in [0.15, 0.2) is 0 Å². The molecule has 3 nitrogen and oxygen atoms in total. The fraction of sp³-hybridized carbons (Fsp3) is 0.533. The van der Waals surface area contributed by atoms with Crippen molar-refractivity contribution in [3.63, 3.8) is 0 Å². The molecular formula is C15H19ClN2O. The van der Waals surface area contributed by atoms with Gasteiger partial charge in [-0.2, -0.15) is 0 Å². The quantitative estimate of drug-likeness (QED) is 0.791. The Kier molecular flexibility index (Phi) is 3.27. The van der Waals surface area contributed by atoms with Gasteiger partial charge in [0.2, 0.25) is 5.91 Å². The Labute approximate surface area is 118 Å². The summed E-state index contributed by atoms with van der Waals surface area (Å²) >= 11 is 6.40. The minimum atomic E-state index is 0.0809. The van der Waals surface area contributed by atoms with E-state index in [9.17, 15) is 4.79 Å². The van der Waals surface area contributed by atoms with Crippen molar-refractivity contribution < 1.29 is 4.79 Å². The van der Waals surface area contributed by atoms with Crippen LogP contribution in [0.4, 0.5) is 5.69 Å². The predicted molar refractivity (Wildman–Crippen MR) is 77.9 cm³/mol. The summed E-state index contributed by atoms with van der Waals surface area (Å²) in [6.07, 6.45) is 3.29. The lowest BCUT2D eigenvalue weighted by atomic mass is 9.76. The summed E-state index contributed by atoms with van der Waals surface area (Å²) in [6, 6.07) is 6.04. The van der Waals surface area contributed by atoms with E-state index in [1.165, 1.54) is 5.56 Å². The number of hydrogen-bond acceptors (Lipinski definition) is 2. The number of amides is 1. The molecule has 0 aliphatic carbocycles. The number of rotatable bonds is 0. The van der Waals surface area contributed by atoms with Gasteiger partial charge in [0.25, 0.3) is 0 Å². The van der Waals surface area contributed by atoms with Crippen LogP contribution in [0.25, 0.3) is 0 Å². The molecule has 3 rings (SSSR count). The first-order valence-corrected chi connectivity index (χ1v) is 7.30. The van der Waals surface area contributed by atoms with Crippen molar-refractivity contribution in [2.24, 2.45) is 0 Å². The highest BCUT2D eigenvalue weighted by atomic mass is 35.5. The summed E-state index contributed by atoms with van der Waals surface area (Å²) in [7, 11) is 0. The van der Waals surface area contributed by atoms with Crippen molar-refractivity contribution in [1.82, 2.24) is 5.32 Å². The Bertz CT molecular complexity index is 509. The van der Waals surface area contributed by atoms with Gasteiger partial charge in [-0.1, -0.05) is 23.7 Å². The van der Waals surface area contributed by atoms with Crippen LogP contribution in [-0.2, 0) is 10.2 Å². The van der Waals surface area contributed by atoms with Gasteiger partial charge in [0, 0.05) is 25.4 Å². The second-order valence-electron chi connectivity index (χ2n) is 5.62. The zero-order chi connectivity index (χ0) is 13.5. The lowest BCUT2D eigenvalue weighted by Crippen LogP contribution is -2.31. The van der Waals surface area contributed by atoms with Crippen LogP contribution in [0, 0.1) is 0 Å². The van der Waals surface area contributed by atoms with Crippen LogP contribution in [0.1, 0.15) is 31.7 Å². The summed E-state index contributed by atoms with van der Waals surface area (Å²) in [5.41, 5.74) is 2.35. The van der Waals surface area contributed by atoms with Crippen molar-refractivity contribution in [3.8, 4) is 0 Å². The van der Waals surface area contributed by atoms with Gasteiger partial charge in [-0.05, 0) is 37.4 Å². The lowest BCUT2D eigenvalue weighted by molar-refractivity contribution is -0.116. The number of anilines is 1. The number of hydrogen-bond donors (Lipinski definition) is 1. The minimum absolute atomic E-state index is 0.0809. The Balaban J connectivity index is 2.18. The third-order valence-corrected chi connectivity index (χ3v) is 4.79. The molecule has 1 spiro atoms. The SMILES string of the molecule is CC(=O)N1CCCC2(CCNC2)c2cccc(Cl)c21. The fourth-order valence-corrected chi connectivity index (χ4v) is 3.82. The van der Waals surface area contributed by atoms with E-state index in [4.69, 9.17) is 11.6 Å². The van der Waals surface area contributed by atoms with Gasteiger partial charge in [-0.15, -0.1) is 0 Å². The topological polar surface area (TPSA) is 32.3 Å². The second-order valence-corrected chi connectivity index (χ2v) is 6.02. The summed E-state index contributed by atoms with van der Waals surface area (Å²) < 4.78 is 0. The first-order chi connectivity index (χ1) is 9.14. The fourth-order valence-electron chi connectivity index (χ4n) is 3.54. The van der Waals surface area contributed by atoms with E-state index in [1.807, 2.05) is 17.0 Å². The molecule has 0 bridgehead atoms. The molecule has 1 amide bonds. The van der Waals surface area contributed by atoms with Crippen molar-refractivity contribution in [2.75, 3.05) is 24.5 Å². The van der Waals surface area contributed by atoms with Crippen molar-refractivity contribution in [2.45, 2.75) is 31.6 Å². The monoisotopic (exact) mass is 278 g/mol. The highest BCUT2D eigenvalue weighted by Gasteiger charge is 2.40. The molecule has 1 aromatic rings. The number of fused-ring (bicyclic) bond motifs is 2. The first-order valence-electron chi connectivity index (χ1n) is 6.92. The van der Waals surface area contributed by atoms with Crippen LogP contribution in [0.5, 0.6) is 0 Å². The normalized spacial score (nSPS) is 26.3. The molecule has 1 saturated heterocycles. The maximum Gasteiger partial charge on any atom is 0.223 e. The molecule has 1 atom stereocenters. The Morgan fingerprint density at radius 3 is 2.95 bits per heavy atom. The molecule has 19 heavy (non-hydrogen) atoms. The molecule has 1 aromatic carbocycles. The number of nitrogens with zero attached hydrogens (tertiary/aromatic N) is 1. The smallest absolute Gasteiger partial charge is 0.223 e. The molecule has 2 aliphatic heterocycles. The molecule has 102 valence electrons. The van der Waals surface area contributed by atoms with Gasteiger partial charge in [-0.25, -0.2) is 0 Å². The molecule has 1 N–H and O–H groups in total. The standard InChI is InChI=1S/C15H19ClN2O/c1-11(19)18-9-3-6-15(7-8-17-10-15)12-4-2-5-13(16)14(12)18/h2,4-5,17H,3,6-10H2,1H3. The van der Waals surface area contributed by atoms with E-state index < -0.39 is 0 Å². The van der Waals surface area contributed by atoms with Gasteiger partial charge in [0.1, 0.15) is 0 Å². The van der Waals surface area contributed by atoms with Crippen molar-refractivity contribution in [3.05, 3.63) is 28.8 Å². The number of nitrogens with one attached hydrogen (secondary N) is 1. The summed E-state index contributed by atoms with van der Waals surface area (Å²) in [5.74, 6) is 0.0809. The van der Waals surface area contributed by atoms with E-state index in [0.717, 1.165) is 44.6 Å². The van der Waals surface area contributed by atoms with E-state index in [2.05, 4.69) is 11.4 Å². The molecule has 4 heteroatoms. The average Bonchev–Trinajstić information content (AvgIpc) is 2.77. The molecule has 0 aromatic heterocycles. The van der Waals surface area contributed by atoms with Crippen molar-refractivity contribution in [1.29, 1.82) is 0 Å². The number of carbonyl (C=O) groups is 1. The first kappa shape index (κ1) is 12.9. The second kappa shape index (κ2) is 4.80. The Morgan fingerprint density at radius 2 is 2.26 bits per heavy atom. The molecule has 0 radical (unpaired) electrons. The maximum absolute atomic E-state index is 11.9. The summed E-state index contributed by atoms with van der Waals surface area (Å²) in [6.45, 7) is 4.43. The molecule has 1 unspecified atom stereocenters. The third kappa shape index (κ3) is 2.05. The predicted octanol–water partition coefficient (Wildman–Crippen LogP) is 2.72. The lowest BCUT2D eigenvalue weighted by Gasteiger charge is -2.30. The van der Waals surface area contributed by atoms with Crippen LogP contribution in [-0.4, -0.2) is 25.5 Å². The van der Waals surface area contributed by atoms with Crippen LogP contribution in [0.2, 0.25) is 5.02 Å². The maximum atomic E-state index is 11.9. The van der Waals surface area contributed by atoms with Gasteiger partial charge in [0.05, 0.1) is 10.7 Å². The largest absolute Gasteiger partial charge is 0.316 e. The molecule has 2 aliphatic rings. The van der Waals surface area contributed by atoms with Crippen LogP contribution < -0.4 is 10.2 Å². The summed E-state index contributed by atoms with van der Waals surface area (Å²) in [5, 5.41) is 4.16. The highest BCUT2D eigenvalue weighted by molar-refractivity contribution is 6.34. The number of benzene rings is 1. The number of halogens is 1. The molecular weight excluding hydrogens is 260 g/mol.